The summed E-state index contributed by atoms with van der Waals surface area (Å²) in [6.45, 7) is 1.50. The SMILES string of the molecule is Cn1nc(-c2nnc(NCC(=O)N3CCC4(CC3)CC4)o2)cc1C(F)(F)F. The molecule has 0 aromatic carbocycles. The lowest BCUT2D eigenvalue weighted by Gasteiger charge is -2.32. The third-order valence-corrected chi connectivity index (χ3v) is 5.34. The summed E-state index contributed by atoms with van der Waals surface area (Å²) in [6, 6.07) is 0.803. The maximum absolute atomic E-state index is 12.8. The number of rotatable bonds is 4. The molecule has 0 atom stereocenters. The van der Waals surface area contributed by atoms with Crippen LogP contribution in [0.4, 0.5) is 19.2 Å². The topological polar surface area (TPSA) is 89.1 Å². The van der Waals surface area contributed by atoms with Crippen LogP contribution in [0.2, 0.25) is 0 Å². The van der Waals surface area contributed by atoms with Gasteiger partial charge in [-0.2, -0.15) is 18.3 Å². The van der Waals surface area contributed by atoms with E-state index in [1.807, 2.05) is 4.90 Å². The molecule has 1 amide bonds. The van der Waals surface area contributed by atoms with Crippen LogP contribution < -0.4 is 5.32 Å². The second-order valence-corrected chi connectivity index (χ2v) is 7.18. The largest absolute Gasteiger partial charge is 0.433 e. The van der Waals surface area contributed by atoms with Gasteiger partial charge in [0.25, 0.3) is 5.89 Å². The number of aromatic nitrogens is 4. The summed E-state index contributed by atoms with van der Waals surface area (Å²) in [6.07, 6.45) is 0.0968. The van der Waals surface area contributed by atoms with E-state index in [1.54, 1.807) is 0 Å². The zero-order valence-electron chi connectivity index (χ0n) is 14.7. The average Bonchev–Trinajstić information content (AvgIpc) is 3.04. The quantitative estimate of drug-likeness (QED) is 0.870. The summed E-state index contributed by atoms with van der Waals surface area (Å²) in [4.78, 5) is 14.1. The molecule has 4 rings (SSSR count). The van der Waals surface area contributed by atoms with Crippen molar-refractivity contribution in [2.75, 3.05) is 25.0 Å². The third-order valence-electron chi connectivity index (χ3n) is 5.34. The Morgan fingerprint density at radius 1 is 1.26 bits per heavy atom. The van der Waals surface area contributed by atoms with Crippen molar-refractivity contribution in [2.24, 2.45) is 12.5 Å². The minimum atomic E-state index is -4.53. The highest BCUT2D eigenvalue weighted by atomic mass is 19.4. The standard InChI is InChI=1S/C16H19F3N6O2/c1-24-11(16(17,18)19)8-10(23-24)13-21-22-14(27-13)20-9-12(26)25-6-4-15(2-3-15)5-7-25/h8H,2-7,9H2,1H3,(H,20,22). The second-order valence-electron chi connectivity index (χ2n) is 7.18. The van der Waals surface area contributed by atoms with Crippen molar-refractivity contribution in [3.8, 4) is 11.6 Å². The monoisotopic (exact) mass is 384 g/mol. The Bertz CT molecular complexity index is 845. The van der Waals surface area contributed by atoms with E-state index in [1.165, 1.54) is 19.9 Å². The number of amides is 1. The second kappa shape index (κ2) is 6.24. The Kier molecular flexibility index (Phi) is 4.11. The number of hydrogen-bond donors (Lipinski definition) is 1. The fourth-order valence-electron chi connectivity index (χ4n) is 3.41. The summed E-state index contributed by atoms with van der Waals surface area (Å²) in [7, 11) is 1.19. The number of aryl methyl sites for hydroxylation is 1. The van der Waals surface area contributed by atoms with Crippen molar-refractivity contribution in [3.63, 3.8) is 0 Å². The van der Waals surface area contributed by atoms with Crippen molar-refractivity contribution >= 4 is 11.9 Å². The number of likely N-dealkylation sites (tertiary alicyclic amines) is 1. The van der Waals surface area contributed by atoms with Gasteiger partial charge < -0.3 is 14.6 Å². The molecule has 2 aromatic heterocycles. The molecular formula is C16H19F3N6O2. The van der Waals surface area contributed by atoms with Crippen LogP contribution in [0.1, 0.15) is 31.4 Å². The Morgan fingerprint density at radius 3 is 2.56 bits per heavy atom. The number of nitrogens with one attached hydrogen (secondary N) is 1. The van der Waals surface area contributed by atoms with Crippen LogP contribution in [0.3, 0.4) is 0 Å². The molecule has 11 heteroatoms. The van der Waals surface area contributed by atoms with Gasteiger partial charge in [0.2, 0.25) is 5.91 Å². The minimum absolute atomic E-state index is 0.00927. The molecule has 27 heavy (non-hydrogen) atoms. The molecule has 1 aliphatic heterocycles. The molecule has 0 unspecified atom stereocenters. The van der Waals surface area contributed by atoms with E-state index in [0.717, 1.165) is 32.0 Å². The number of nitrogens with zero attached hydrogens (tertiary/aromatic N) is 5. The Morgan fingerprint density at radius 2 is 1.96 bits per heavy atom. The molecular weight excluding hydrogens is 365 g/mol. The van der Waals surface area contributed by atoms with Crippen LogP contribution in [-0.4, -0.2) is 50.4 Å². The van der Waals surface area contributed by atoms with Crippen molar-refractivity contribution in [2.45, 2.75) is 31.9 Å². The minimum Gasteiger partial charge on any atom is -0.402 e. The number of hydrogen-bond acceptors (Lipinski definition) is 6. The molecule has 146 valence electrons. The van der Waals surface area contributed by atoms with E-state index in [9.17, 15) is 18.0 Å². The first-order valence-corrected chi connectivity index (χ1v) is 8.73. The van der Waals surface area contributed by atoms with Crippen LogP contribution in [0.5, 0.6) is 0 Å². The summed E-state index contributed by atoms with van der Waals surface area (Å²) < 4.78 is 44.5. The zero-order valence-corrected chi connectivity index (χ0v) is 14.7. The van der Waals surface area contributed by atoms with Crippen LogP contribution in [0.15, 0.2) is 10.5 Å². The summed E-state index contributed by atoms with van der Waals surface area (Å²) >= 11 is 0. The predicted octanol–water partition coefficient (Wildman–Crippen LogP) is 2.30. The molecule has 8 nitrogen and oxygen atoms in total. The lowest BCUT2D eigenvalue weighted by molar-refractivity contribution is -0.143. The highest BCUT2D eigenvalue weighted by molar-refractivity contribution is 5.80. The van der Waals surface area contributed by atoms with Gasteiger partial charge in [-0.05, 0) is 31.1 Å². The van der Waals surface area contributed by atoms with E-state index in [-0.39, 0.29) is 30.1 Å². The van der Waals surface area contributed by atoms with Crippen LogP contribution in [-0.2, 0) is 18.0 Å². The molecule has 1 aliphatic carbocycles. The number of halogens is 3. The van der Waals surface area contributed by atoms with Gasteiger partial charge in [0.15, 0.2) is 0 Å². The van der Waals surface area contributed by atoms with Crippen molar-refractivity contribution < 1.29 is 22.4 Å². The molecule has 1 saturated heterocycles. The number of piperidine rings is 1. The van der Waals surface area contributed by atoms with Gasteiger partial charge in [0.1, 0.15) is 11.4 Å². The Labute approximate surface area is 152 Å². The highest BCUT2D eigenvalue weighted by Gasteiger charge is 2.45. The van der Waals surface area contributed by atoms with Gasteiger partial charge in [-0.3, -0.25) is 9.48 Å². The Balaban J connectivity index is 1.35. The number of carbonyl (C=O) groups is 1. The van der Waals surface area contributed by atoms with Crippen LogP contribution in [0.25, 0.3) is 11.6 Å². The summed E-state index contributed by atoms with van der Waals surface area (Å²) in [5.74, 6) is -0.216. The lowest BCUT2D eigenvalue weighted by atomic mass is 9.94. The third kappa shape index (κ3) is 3.62. The number of anilines is 1. The van der Waals surface area contributed by atoms with Gasteiger partial charge >= 0.3 is 12.2 Å². The molecule has 2 fully saturated rings. The molecule has 2 aromatic rings. The van der Waals surface area contributed by atoms with E-state index >= 15 is 0 Å². The Hall–Kier alpha value is -2.59. The zero-order chi connectivity index (χ0) is 19.2. The maximum atomic E-state index is 12.8. The first kappa shape index (κ1) is 17.8. The van der Waals surface area contributed by atoms with Gasteiger partial charge in [0, 0.05) is 26.2 Å². The van der Waals surface area contributed by atoms with Crippen LogP contribution >= 0.6 is 0 Å². The molecule has 0 radical (unpaired) electrons. The van der Waals surface area contributed by atoms with E-state index in [2.05, 4.69) is 20.6 Å². The smallest absolute Gasteiger partial charge is 0.402 e. The molecule has 2 aliphatic rings. The molecule has 3 heterocycles. The van der Waals surface area contributed by atoms with E-state index in [4.69, 9.17) is 4.42 Å². The molecule has 1 saturated carbocycles. The first-order valence-electron chi connectivity index (χ1n) is 8.73. The van der Waals surface area contributed by atoms with Gasteiger partial charge in [-0.25, -0.2) is 0 Å². The number of carbonyl (C=O) groups excluding carboxylic acids is 1. The average molecular weight is 384 g/mol. The maximum Gasteiger partial charge on any atom is 0.433 e. The molecule has 1 N–H and O–H groups in total. The lowest BCUT2D eigenvalue weighted by Crippen LogP contribution is -2.41. The molecule has 1 spiro atoms. The fraction of sp³-hybridized carbons (Fsp3) is 0.625. The summed E-state index contributed by atoms with van der Waals surface area (Å²) in [5, 5.41) is 13.9. The van der Waals surface area contributed by atoms with Crippen molar-refractivity contribution in [3.05, 3.63) is 11.8 Å². The fourth-order valence-corrected chi connectivity index (χ4v) is 3.41. The first-order chi connectivity index (χ1) is 12.8. The summed E-state index contributed by atoms with van der Waals surface area (Å²) in [5.41, 5.74) is -0.509. The van der Waals surface area contributed by atoms with Crippen LogP contribution in [0, 0.1) is 5.41 Å². The molecule has 0 bridgehead atoms. The van der Waals surface area contributed by atoms with Gasteiger partial charge in [-0.1, -0.05) is 5.10 Å². The van der Waals surface area contributed by atoms with Gasteiger partial charge in [0.05, 0.1) is 6.54 Å². The predicted molar refractivity (Wildman–Crippen MR) is 87.5 cm³/mol. The normalized spacial score (nSPS) is 18.7. The van der Waals surface area contributed by atoms with E-state index < -0.39 is 11.9 Å². The van der Waals surface area contributed by atoms with Crippen molar-refractivity contribution in [1.82, 2.24) is 24.9 Å². The van der Waals surface area contributed by atoms with Gasteiger partial charge in [-0.15, -0.1) is 5.10 Å². The highest BCUT2D eigenvalue weighted by Crippen LogP contribution is 2.53. The number of alkyl halides is 3. The van der Waals surface area contributed by atoms with Crippen molar-refractivity contribution in [1.29, 1.82) is 0 Å². The van der Waals surface area contributed by atoms with E-state index in [0.29, 0.717) is 10.1 Å².